The maximum Gasteiger partial charge on any atom is 0.240 e. The van der Waals surface area contributed by atoms with Crippen molar-refractivity contribution in [2.75, 3.05) is 12.0 Å². The quantitative estimate of drug-likeness (QED) is 0.605. The highest BCUT2D eigenvalue weighted by Crippen LogP contribution is 2.34. The second kappa shape index (κ2) is 5.47. The van der Waals surface area contributed by atoms with Crippen LogP contribution in [-0.4, -0.2) is 44.0 Å². The normalized spacial score (nSPS) is 24.3. The van der Waals surface area contributed by atoms with Crippen LogP contribution in [0, 0.1) is 11.8 Å². The van der Waals surface area contributed by atoms with Gasteiger partial charge in [-0.3, -0.25) is 24.7 Å². The van der Waals surface area contributed by atoms with Crippen molar-refractivity contribution in [3.8, 4) is 0 Å². The van der Waals surface area contributed by atoms with Crippen molar-refractivity contribution in [1.29, 1.82) is 0 Å². The van der Waals surface area contributed by atoms with E-state index in [2.05, 4.69) is 15.6 Å². The second-order valence-corrected chi connectivity index (χ2v) is 5.14. The molecule has 2 atom stereocenters. The molecule has 0 saturated carbocycles. The van der Waals surface area contributed by atoms with Gasteiger partial charge in [-0.15, -0.1) is 10.2 Å². The minimum absolute atomic E-state index is 0.0581. The van der Waals surface area contributed by atoms with E-state index in [0.717, 1.165) is 0 Å². The van der Waals surface area contributed by atoms with Crippen molar-refractivity contribution in [3.63, 3.8) is 0 Å². The van der Waals surface area contributed by atoms with E-state index in [1.807, 2.05) is 12.2 Å². The number of carbonyl (C=O) groups excluding carboxylic acids is 3. The highest BCUT2D eigenvalue weighted by molar-refractivity contribution is 6.05. The summed E-state index contributed by atoms with van der Waals surface area (Å²) in [6, 6.07) is 0. The predicted molar refractivity (Wildman–Crippen MR) is 71.1 cm³/mol. The maximum absolute atomic E-state index is 12.2. The fraction of sp³-hybridized carbons (Fsp3) is 0.462. The van der Waals surface area contributed by atoms with Gasteiger partial charge in [0.1, 0.15) is 12.7 Å². The van der Waals surface area contributed by atoms with Gasteiger partial charge in [0.05, 0.1) is 11.8 Å². The molecule has 1 aromatic rings. The third kappa shape index (κ3) is 2.56. The molecular weight excluding hydrogens is 274 g/mol. The lowest BCUT2D eigenvalue weighted by molar-refractivity contribution is -0.140. The number of aromatic nitrogens is 3. The molecule has 2 heterocycles. The first-order valence-electron chi connectivity index (χ1n) is 6.81. The molecule has 0 radical (unpaired) electrons. The highest BCUT2D eigenvalue weighted by Gasteiger charge is 2.46. The van der Waals surface area contributed by atoms with E-state index in [9.17, 15) is 14.4 Å². The van der Waals surface area contributed by atoms with Gasteiger partial charge in [-0.25, -0.2) is 4.68 Å². The number of allylic oxidation sites excluding steroid dienone is 2. The average Bonchev–Trinajstić information content (AvgIpc) is 3.07. The topological polar surface area (TPSA) is 97.2 Å². The summed E-state index contributed by atoms with van der Waals surface area (Å²) >= 11 is 0. The largest absolute Gasteiger partial charge is 0.282 e. The molecule has 8 heteroatoms. The van der Waals surface area contributed by atoms with Crippen LogP contribution in [0.1, 0.15) is 19.3 Å². The van der Waals surface area contributed by atoms with Crippen LogP contribution in [0.4, 0.5) is 0 Å². The Labute approximate surface area is 120 Å². The molecular formula is C13H15N5O3. The zero-order valence-electron chi connectivity index (χ0n) is 11.3. The van der Waals surface area contributed by atoms with Crippen LogP contribution in [0.2, 0.25) is 0 Å². The Morgan fingerprint density at radius 1 is 1.14 bits per heavy atom. The average molecular weight is 289 g/mol. The molecule has 110 valence electrons. The Hall–Kier alpha value is -2.51. The molecule has 1 saturated heterocycles. The molecule has 3 rings (SSSR count). The molecule has 1 N–H and O–H groups in total. The molecule has 0 spiro atoms. The molecule has 0 aromatic carbocycles. The van der Waals surface area contributed by atoms with Crippen LogP contribution >= 0.6 is 0 Å². The van der Waals surface area contributed by atoms with Crippen LogP contribution in [0.3, 0.4) is 0 Å². The van der Waals surface area contributed by atoms with Gasteiger partial charge >= 0.3 is 0 Å². The Morgan fingerprint density at radius 2 is 1.71 bits per heavy atom. The number of rotatable bonds is 4. The summed E-state index contributed by atoms with van der Waals surface area (Å²) in [5.41, 5.74) is 2.53. The molecule has 3 amide bonds. The van der Waals surface area contributed by atoms with Gasteiger partial charge in [0.2, 0.25) is 17.7 Å². The molecule has 1 fully saturated rings. The smallest absolute Gasteiger partial charge is 0.240 e. The number of amides is 3. The van der Waals surface area contributed by atoms with Gasteiger partial charge in [0, 0.05) is 13.0 Å². The van der Waals surface area contributed by atoms with Crippen molar-refractivity contribution in [3.05, 3.63) is 24.8 Å². The van der Waals surface area contributed by atoms with Crippen molar-refractivity contribution >= 4 is 17.7 Å². The first-order chi connectivity index (χ1) is 10.2. The van der Waals surface area contributed by atoms with Crippen molar-refractivity contribution in [2.24, 2.45) is 11.8 Å². The Morgan fingerprint density at radius 3 is 2.29 bits per heavy atom. The van der Waals surface area contributed by atoms with Gasteiger partial charge < -0.3 is 0 Å². The summed E-state index contributed by atoms with van der Waals surface area (Å²) in [7, 11) is 0. The standard InChI is InChI=1S/C13H15N5O3/c19-11(16-17-7-14-15-8-17)5-6-18-12(20)9-3-1-2-4-10(9)13(18)21/h1-2,7-10H,3-6H2,(H,16,19). The summed E-state index contributed by atoms with van der Waals surface area (Å²) in [6.45, 7) is 0.110. The van der Waals surface area contributed by atoms with E-state index >= 15 is 0 Å². The van der Waals surface area contributed by atoms with Crippen LogP contribution in [0.15, 0.2) is 24.8 Å². The van der Waals surface area contributed by atoms with Crippen LogP contribution in [-0.2, 0) is 14.4 Å². The number of hydrogen-bond acceptors (Lipinski definition) is 5. The molecule has 21 heavy (non-hydrogen) atoms. The molecule has 1 aliphatic carbocycles. The van der Waals surface area contributed by atoms with Gasteiger partial charge in [-0.05, 0) is 12.8 Å². The van der Waals surface area contributed by atoms with Crippen molar-refractivity contribution in [2.45, 2.75) is 19.3 Å². The maximum atomic E-state index is 12.2. The van der Waals surface area contributed by atoms with Gasteiger partial charge in [-0.1, -0.05) is 12.2 Å². The first-order valence-corrected chi connectivity index (χ1v) is 6.81. The van der Waals surface area contributed by atoms with E-state index in [1.54, 1.807) is 0 Å². The minimum atomic E-state index is -0.302. The Bertz CT molecular complexity index is 569. The molecule has 2 aliphatic rings. The second-order valence-electron chi connectivity index (χ2n) is 5.14. The SMILES string of the molecule is O=C(CCN1C(=O)C2CC=CCC2C1=O)Nn1cnnc1. The molecule has 2 unspecified atom stereocenters. The van der Waals surface area contributed by atoms with Gasteiger partial charge in [0.15, 0.2) is 0 Å². The Balaban J connectivity index is 1.57. The molecule has 8 nitrogen and oxygen atoms in total. The Kier molecular flexibility index (Phi) is 3.51. The number of likely N-dealkylation sites (tertiary alicyclic amines) is 1. The van der Waals surface area contributed by atoms with Crippen LogP contribution in [0.25, 0.3) is 0 Å². The van der Waals surface area contributed by atoms with E-state index in [-0.39, 0.29) is 42.5 Å². The summed E-state index contributed by atoms with van der Waals surface area (Å²) in [5.74, 6) is -1.12. The monoisotopic (exact) mass is 289 g/mol. The fourth-order valence-corrected chi connectivity index (χ4v) is 2.76. The fourth-order valence-electron chi connectivity index (χ4n) is 2.76. The zero-order chi connectivity index (χ0) is 14.8. The summed E-state index contributed by atoms with van der Waals surface area (Å²) in [5, 5.41) is 7.12. The van der Waals surface area contributed by atoms with E-state index in [4.69, 9.17) is 0 Å². The first kappa shape index (κ1) is 13.5. The summed E-state index contributed by atoms with van der Waals surface area (Å²) in [4.78, 5) is 37.4. The molecule has 1 aromatic heterocycles. The van der Waals surface area contributed by atoms with E-state index < -0.39 is 0 Å². The number of nitrogens with zero attached hydrogens (tertiary/aromatic N) is 4. The zero-order valence-corrected chi connectivity index (χ0v) is 11.3. The van der Waals surface area contributed by atoms with Crippen molar-refractivity contribution < 1.29 is 14.4 Å². The minimum Gasteiger partial charge on any atom is -0.282 e. The highest BCUT2D eigenvalue weighted by atomic mass is 16.2. The lowest BCUT2D eigenvalue weighted by Crippen LogP contribution is -2.35. The molecule has 1 aliphatic heterocycles. The third-order valence-electron chi connectivity index (χ3n) is 3.83. The number of hydrogen-bond donors (Lipinski definition) is 1. The lowest BCUT2D eigenvalue weighted by atomic mass is 9.85. The molecule has 0 bridgehead atoms. The van der Waals surface area contributed by atoms with E-state index in [0.29, 0.717) is 12.8 Å². The van der Waals surface area contributed by atoms with Gasteiger partial charge in [0.25, 0.3) is 0 Å². The van der Waals surface area contributed by atoms with E-state index in [1.165, 1.54) is 22.2 Å². The van der Waals surface area contributed by atoms with Crippen LogP contribution < -0.4 is 5.43 Å². The summed E-state index contributed by atoms with van der Waals surface area (Å²) in [6.07, 6.45) is 7.86. The van der Waals surface area contributed by atoms with Gasteiger partial charge in [-0.2, -0.15) is 0 Å². The lowest BCUT2D eigenvalue weighted by Gasteiger charge is -2.14. The van der Waals surface area contributed by atoms with Crippen LogP contribution in [0.5, 0.6) is 0 Å². The number of imide groups is 1. The number of carbonyl (C=O) groups is 3. The number of nitrogens with one attached hydrogen (secondary N) is 1. The third-order valence-corrected chi connectivity index (χ3v) is 3.83. The van der Waals surface area contributed by atoms with Crippen molar-refractivity contribution in [1.82, 2.24) is 19.8 Å². The summed E-state index contributed by atoms with van der Waals surface area (Å²) < 4.78 is 1.32. The predicted octanol–water partition coefficient (Wildman–Crippen LogP) is -0.311. The number of fused-ring (bicyclic) bond motifs is 1.